The summed E-state index contributed by atoms with van der Waals surface area (Å²) in [5, 5.41) is 4.58. The van der Waals surface area contributed by atoms with Gasteiger partial charge in [-0.2, -0.15) is 5.10 Å². The molecule has 1 unspecified atom stereocenters. The van der Waals surface area contributed by atoms with Crippen molar-refractivity contribution in [3.63, 3.8) is 0 Å². The summed E-state index contributed by atoms with van der Waals surface area (Å²) in [6.07, 6.45) is 8.12. The van der Waals surface area contributed by atoms with Gasteiger partial charge in [-0.3, -0.25) is 4.79 Å². The number of hydrogen-bond donors (Lipinski definition) is 0. The summed E-state index contributed by atoms with van der Waals surface area (Å²) in [6, 6.07) is 9.68. The first-order valence-corrected chi connectivity index (χ1v) is 7.56. The molecule has 5 nitrogen and oxygen atoms in total. The van der Waals surface area contributed by atoms with Crippen molar-refractivity contribution in [2.75, 3.05) is 0 Å². The zero-order valence-electron chi connectivity index (χ0n) is 11.4. The summed E-state index contributed by atoms with van der Waals surface area (Å²) < 4.78 is 2.56. The highest BCUT2D eigenvalue weighted by Gasteiger charge is 2.27. The van der Waals surface area contributed by atoms with Gasteiger partial charge < -0.3 is 4.90 Å². The van der Waals surface area contributed by atoms with Crippen molar-refractivity contribution < 1.29 is 4.79 Å². The minimum atomic E-state index is -0.237. The first kappa shape index (κ1) is 13.2. The zero-order chi connectivity index (χ0) is 15.1. The maximum absolute atomic E-state index is 11.4. The van der Waals surface area contributed by atoms with Crippen molar-refractivity contribution >= 4 is 34.1 Å². The molecule has 1 aromatic carbocycles. The van der Waals surface area contributed by atoms with E-state index in [0.717, 1.165) is 33.4 Å². The zero-order valence-corrected chi connectivity index (χ0v) is 13.0. The number of halogens is 1. The molecule has 1 aliphatic heterocycles. The number of nitrogens with zero attached hydrogens (tertiary/aromatic N) is 4. The Morgan fingerprint density at radius 3 is 3.00 bits per heavy atom. The first-order valence-electron chi connectivity index (χ1n) is 6.77. The molecule has 3 heterocycles. The summed E-state index contributed by atoms with van der Waals surface area (Å²) in [4.78, 5) is 17.4. The maximum Gasteiger partial charge on any atom is 0.214 e. The van der Waals surface area contributed by atoms with Gasteiger partial charge in [0.15, 0.2) is 5.65 Å². The fraction of sp³-hybridized carbons (Fsp3) is 0.0625. The number of carbonyl (C=O) groups is 1. The van der Waals surface area contributed by atoms with E-state index in [2.05, 4.69) is 26.0 Å². The van der Waals surface area contributed by atoms with E-state index in [9.17, 15) is 4.79 Å². The summed E-state index contributed by atoms with van der Waals surface area (Å²) >= 11 is 3.39. The monoisotopic (exact) mass is 354 g/mol. The Morgan fingerprint density at radius 1 is 1.27 bits per heavy atom. The number of fused-ring (bicyclic) bond motifs is 2. The highest BCUT2D eigenvalue weighted by molar-refractivity contribution is 9.10. The van der Waals surface area contributed by atoms with E-state index in [0.29, 0.717) is 0 Å². The molecule has 0 saturated heterocycles. The Hall–Kier alpha value is -2.47. The lowest BCUT2D eigenvalue weighted by atomic mass is 9.94. The van der Waals surface area contributed by atoms with Crippen LogP contribution in [0.5, 0.6) is 0 Å². The van der Waals surface area contributed by atoms with Gasteiger partial charge in [0, 0.05) is 24.7 Å². The fourth-order valence-electron chi connectivity index (χ4n) is 2.74. The molecular formula is C16H11BrN4O. The van der Waals surface area contributed by atoms with E-state index >= 15 is 0 Å². The van der Waals surface area contributed by atoms with E-state index in [1.807, 2.05) is 42.6 Å². The van der Waals surface area contributed by atoms with Gasteiger partial charge in [-0.25, -0.2) is 9.50 Å². The topological polar surface area (TPSA) is 50.5 Å². The second kappa shape index (κ2) is 5.06. The number of benzene rings is 1. The molecule has 2 aromatic heterocycles. The van der Waals surface area contributed by atoms with Crippen LogP contribution in [-0.2, 0) is 4.79 Å². The Bertz CT molecular complexity index is 902. The van der Waals surface area contributed by atoms with Crippen molar-refractivity contribution in [3.8, 4) is 0 Å². The minimum absolute atomic E-state index is 0.237. The average molecular weight is 355 g/mol. The molecule has 3 aromatic rings. The molecule has 0 bridgehead atoms. The van der Waals surface area contributed by atoms with Gasteiger partial charge in [0.2, 0.25) is 6.41 Å². The van der Waals surface area contributed by atoms with Gasteiger partial charge >= 0.3 is 0 Å². The average Bonchev–Trinajstić information content (AvgIpc) is 2.96. The van der Waals surface area contributed by atoms with Crippen LogP contribution in [0, 0.1) is 0 Å². The van der Waals surface area contributed by atoms with Crippen LogP contribution in [-0.4, -0.2) is 25.9 Å². The van der Waals surface area contributed by atoms with Gasteiger partial charge in [0.1, 0.15) is 6.04 Å². The van der Waals surface area contributed by atoms with Crippen LogP contribution in [0.3, 0.4) is 0 Å². The summed E-state index contributed by atoms with van der Waals surface area (Å²) in [5.41, 5.74) is 3.68. The van der Waals surface area contributed by atoms with Crippen molar-refractivity contribution in [3.05, 3.63) is 70.2 Å². The van der Waals surface area contributed by atoms with Crippen molar-refractivity contribution in [2.45, 2.75) is 6.04 Å². The fourth-order valence-corrected chi connectivity index (χ4v) is 3.03. The van der Waals surface area contributed by atoms with E-state index in [1.165, 1.54) is 0 Å². The van der Waals surface area contributed by atoms with Crippen molar-refractivity contribution in [2.24, 2.45) is 0 Å². The lowest BCUT2D eigenvalue weighted by Crippen LogP contribution is -2.26. The molecule has 4 rings (SSSR count). The van der Waals surface area contributed by atoms with Gasteiger partial charge in [-0.1, -0.05) is 24.3 Å². The van der Waals surface area contributed by atoms with Gasteiger partial charge in [0.05, 0.1) is 10.2 Å². The molecule has 0 radical (unpaired) electrons. The Kier molecular flexibility index (Phi) is 3.04. The van der Waals surface area contributed by atoms with E-state index in [-0.39, 0.29) is 6.04 Å². The largest absolute Gasteiger partial charge is 0.308 e. The standard InChI is InChI=1S/C16H11BrN4O/c17-12-8-18-15-7-14(19-21(15)9-12)16-13-4-2-1-3-11(13)5-6-20(16)10-22/h1-10,16H. The highest BCUT2D eigenvalue weighted by Crippen LogP contribution is 2.34. The molecule has 1 atom stereocenters. The van der Waals surface area contributed by atoms with E-state index in [1.54, 1.807) is 21.8 Å². The second-order valence-electron chi connectivity index (χ2n) is 5.04. The number of aromatic nitrogens is 3. The van der Waals surface area contributed by atoms with Crippen LogP contribution in [0.1, 0.15) is 22.9 Å². The molecule has 0 N–H and O–H groups in total. The number of hydrogen-bond acceptors (Lipinski definition) is 3. The highest BCUT2D eigenvalue weighted by atomic mass is 79.9. The quantitative estimate of drug-likeness (QED) is 0.664. The molecule has 0 aliphatic carbocycles. The third-order valence-electron chi connectivity index (χ3n) is 3.72. The Balaban J connectivity index is 1.90. The predicted octanol–water partition coefficient (Wildman–Crippen LogP) is 3.02. The van der Waals surface area contributed by atoms with Crippen LogP contribution < -0.4 is 0 Å². The summed E-state index contributed by atoms with van der Waals surface area (Å²) in [7, 11) is 0. The molecule has 22 heavy (non-hydrogen) atoms. The lowest BCUT2D eigenvalue weighted by Gasteiger charge is -2.28. The van der Waals surface area contributed by atoms with Gasteiger partial charge in [-0.15, -0.1) is 0 Å². The molecule has 108 valence electrons. The molecule has 0 saturated carbocycles. The van der Waals surface area contributed by atoms with Gasteiger partial charge in [-0.05, 0) is 33.1 Å². The van der Waals surface area contributed by atoms with Crippen LogP contribution in [0.25, 0.3) is 11.7 Å². The van der Waals surface area contributed by atoms with E-state index < -0.39 is 0 Å². The molecule has 6 heteroatoms. The van der Waals surface area contributed by atoms with Crippen molar-refractivity contribution in [1.29, 1.82) is 0 Å². The number of amides is 1. The minimum Gasteiger partial charge on any atom is -0.308 e. The van der Waals surface area contributed by atoms with Gasteiger partial charge in [0.25, 0.3) is 0 Å². The van der Waals surface area contributed by atoms with Crippen LogP contribution in [0.2, 0.25) is 0 Å². The van der Waals surface area contributed by atoms with Crippen molar-refractivity contribution in [1.82, 2.24) is 19.5 Å². The summed E-state index contributed by atoms with van der Waals surface area (Å²) in [6.45, 7) is 0. The smallest absolute Gasteiger partial charge is 0.214 e. The number of carbonyl (C=O) groups excluding carboxylic acids is 1. The van der Waals surface area contributed by atoms with Crippen LogP contribution in [0.15, 0.2) is 53.4 Å². The van der Waals surface area contributed by atoms with Crippen LogP contribution in [0.4, 0.5) is 0 Å². The second-order valence-corrected chi connectivity index (χ2v) is 5.96. The Morgan fingerprint density at radius 2 is 2.14 bits per heavy atom. The molecule has 1 aliphatic rings. The van der Waals surface area contributed by atoms with Crippen LogP contribution >= 0.6 is 15.9 Å². The molecular weight excluding hydrogens is 344 g/mol. The first-order chi connectivity index (χ1) is 10.8. The number of rotatable bonds is 2. The SMILES string of the molecule is O=CN1C=Cc2ccccc2C1c1cc2ncc(Br)cn2n1. The molecule has 0 fully saturated rings. The normalized spacial score (nSPS) is 16.8. The Labute approximate surface area is 135 Å². The predicted molar refractivity (Wildman–Crippen MR) is 85.9 cm³/mol. The lowest BCUT2D eigenvalue weighted by molar-refractivity contribution is -0.117. The molecule has 1 amide bonds. The van der Waals surface area contributed by atoms with E-state index in [4.69, 9.17) is 0 Å². The third kappa shape index (κ3) is 2.03. The molecule has 0 spiro atoms. The third-order valence-corrected chi connectivity index (χ3v) is 4.13. The maximum atomic E-state index is 11.4. The summed E-state index contributed by atoms with van der Waals surface area (Å²) in [5.74, 6) is 0.